The summed E-state index contributed by atoms with van der Waals surface area (Å²) in [6.07, 6.45) is 0. The number of benzene rings is 2. The van der Waals surface area contributed by atoms with Gasteiger partial charge in [0.25, 0.3) is 11.8 Å². The number of carbonyl (C=O) groups excluding carboxylic acids is 2. The Balaban J connectivity index is 2.47. The fraction of sp³-hybridized carbons (Fsp3) is 0.440. The average molecular weight is 454 g/mol. The van der Waals surface area contributed by atoms with Gasteiger partial charge in [0.05, 0.1) is 18.2 Å². The number of methoxy groups -OCH3 is 1. The summed E-state index contributed by atoms with van der Waals surface area (Å²) in [5.74, 6) is 0.214. The van der Waals surface area contributed by atoms with Crippen LogP contribution in [0.15, 0.2) is 21.3 Å². The van der Waals surface area contributed by atoms with Gasteiger partial charge in [-0.15, -0.1) is 0 Å². The maximum Gasteiger partial charge on any atom is 0.256 e. The molecule has 1 aromatic carbocycles. The van der Waals surface area contributed by atoms with Crippen molar-refractivity contribution in [1.29, 1.82) is 0 Å². The minimum Gasteiger partial charge on any atom is -0.496 e. The predicted octanol–water partition coefficient (Wildman–Crippen LogP) is 3.88. The second kappa shape index (κ2) is 9.60. The number of amides is 2. The molecular formula is C25H31N3O5. The van der Waals surface area contributed by atoms with E-state index in [2.05, 4.69) is 0 Å². The maximum atomic E-state index is 13.3. The summed E-state index contributed by atoms with van der Waals surface area (Å²) in [6, 6.07) is 2.97. The number of aryl methyl sites for hydroxylation is 1. The van der Waals surface area contributed by atoms with Gasteiger partial charge in [-0.25, -0.2) is 4.98 Å². The highest BCUT2D eigenvalue weighted by molar-refractivity contribution is 6.07. The molecule has 3 rings (SSSR count). The van der Waals surface area contributed by atoms with Crippen molar-refractivity contribution in [3.05, 3.63) is 44.6 Å². The first-order valence-electron chi connectivity index (χ1n) is 11.3. The number of nitrogens with zero attached hydrogens (tertiary/aromatic N) is 3. The molecule has 1 heterocycles. The van der Waals surface area contributed by atoms with Crippen LogP contribution in [-0.4, -0.2) is 59.9 Å². The SMILES string of the molecule is CCN(CC)C(=O)c1cc(=O)c(C)c2oc3c(C)c(OC)cc(C(=O)N(CC)CC)c3nc1-2. The first-order chi connectivity index (χ1) is 15.7. The lowest BCUT2D eigenvalue weighted by atomic mass is 10.0. The monoisotopic (exact) mass is 453 g/mol. The summed E-state index contributed by atoms with van der Waals surface area (Å²) in [7, 11) is 1.52. The van der Waals surface area contributed by atoms with Gasteiger partial charge in [0, 0.05) is 43.4 Å². The van der Waals surface area contributed by atoms with E-state index in [0.29, 0.717) is 59.7 Å². The zero-order valence-corrected chi connectivity index (χ0v) is 20.4. The van der Waals surface area contributed by atoms with Crippen molar-refractivity contribution in [1.82, 2.24) is 14.8 Å². The smallest absolute Gasteiger partial charge is 0.256 e. The van der Waals surface area contributed by atoms with Crippen LogP contribution in [0, 0.1) is 13.8 Å². The lowest BCUT2D eigenvalue weighted by Crippen LogP contribution is -2.32. The molecule has 0 saturated heterocycles. The summed E-state index contributed by atoms with van der Waals surface area (Å²) < 4.78 is 11.7. The first kappa shape index (κ1) is 24.2. The average Bonchev–Trinajstić information content (AvgIpc) is 2.82. The Morgan fingerprint density at radius 1 is 0.909 bits per heavy atom. The van der Waals surface area contributed by atoms with Crippen molar-refractivity contribution in [3.63, 3.8) is 0 Å². The number of fused-ring (bicyclic) bond motifs is 2. The molecule has 0 atom stereocenters. The van der Waals surface area contributed by atoms with Gasteiger partial charge >= 0.3 is 0 Å². The van der Waals surface area contributed by atoms with Crippen LogP contribution in [0.5, 0.6) is 5.75 Å². The molecule has 0 aromatic heterocycles. The Labute approximate surface area is 193 Å². The van der Waals surface area contributed by atoms with Crippen molar-refractivity contribution >= 4 is 22.9 Å². The third-order valence-electron chi connectivity index (χ3n) is 6.12. The van der Waals surface area contributed by atoms with Crippen LogP contribution in [0.1, 0.15) is 59.5 Å². The number of ether oxygens (including phenoxy) is 1. The molecule has 0 spiro atoms. The van der Waals surface area contributed by atoms with E-state index in [-0.39, 0.29) is 34.3 Å². The van der Waals surface area contributed by atoms with E-state index in [1.807, 2.05) is 34.6 Å². The number of hydrogen-bond acceptors (Lipinski definition) is 6. The van der Waals surface area contributed by atoms with Crippen molar-refractivity contribution in [2.45, 2.75) is 41.5 Å². The fourth-order valence-electron chi connectivity index (χ4n) is 4.03. The summed E-state index contributed by atoms with van der Waals surface area (Å²) in [6.45, 7) is 13.1. The molecule has 0 bridgehead atoms. The van der Waals surface area contributed by atoms with Gasteiger partial charge in [0.2, 0.25) is 0 Å². The fourth-order valence-corrected chi connectivity index (χ4v) is 4.03. The summed E-state index contributed by atoms with van der Waals surface area (Å²) in [5.41, 5.74) is 2.17. The van der Waals surface area contributed by atoms with Crippen molar-refractivity contribution in [2.75, 3.05) is 33.3 Å². The highest BCUT2D eigenvalue weighted by Gasteiger charge is 2.29. The Bertz CT molecular complexity index is 1240. The van der Waals surface area contributed by atoms with Crippen LogP contribution < -0.4 is 10.2 Å². The van der Waals surface area contributed by atoms with Gasteiger partial charge < -0.3 is 19.0 Å². The topological polar surface area (TPSA) is 92.9 Å². The van der Waals surface area contributed by atoms with Crippen molar-refractivity contribution < 1.29 is 18.7 Å². The van der Waals surface area contributed by atoms with Crippen LogP contribution in [-0.2, 0) is 0 Å². The normalized spacial score (nSPS) is 11.1. The Hall–Kier alpha value is -3.42. The van der Waals surface area contributed by atoms with E-state index in [1.54, 1.807) is 22.8 Å². The Morgan fingerprint density at radius 2 is 1.45 bits per heavy atom. The molecular weight excluding hydrogens is 422 g/mol. The number of carbonyl (C=O) groups is 2. The molecule has 0 radical (unpaired) electrons. The van der Waals surface area contributed by atoms with Crippen LogP contribution >= 0.6 is 0 Å². The molecule has 1 aromatic rings. The minimum absolute atomic E-state index is 0.171. The molecule has 176 valence electrons. The van der Waals surface area contributed by atoms with E-state index in [4.69, 9.17) is 14.1 Å². The zero-order valence-electron chi connectivity index (χ0n) is 20.4. The molecule has 33 heavy (non-hydrogen) atoms. The standard InChI is InChI=1S/C25H31N3O5/c1-8-27(9-2)24(30)16-12-18(29)14(5)22-20(16)26-21-17(25(31)28(10-3)11-4)13-19(32-7)15(6)23(21)33-22/h12-13H,8-11H2,1-7H3. The Kier molecular flexibility index (Phi) is 7.05. The van der Waals surface area contributed by atoms with Crippen molar-refractivity contribution in [3.8, 4) is 17.2 Å². The third-order valence-corrected chi connectivity index (χ3v) is 6.12. The van der Waals surface area contributed by atoms with E-state index in [0.717, 1.165) is 0 Å². The third kappa shape index (κ3) is 4.05. The van der Waals surface area contributed by atoms with Crippen LogP contribution in [0.2, 0.25) is 0 Å². The quantitative estimate of drug-likeness (QED) is 0.504. The van der Waals surface area contributed by atoms with Gasteiger partial charge in [-0.3, -0.25) is 14.4 Å². The van der Waals surface area contributed by atoms with Gasteiger partial charge in [0.15, 0.2) is 16.8 Å². The van der Waals surface area contributed by atoms with Gasteiger partial charge in [-0.2, -0.15) is 0 Å². The van der Waals surface area contributed by atoms with Crippen LogP contribution in [0.25, 0.3) is 22.6 Å². The van der Waals surface area contributed by atoms with E-state index in [1.165, 1.54) is 13.2 Å². The molecule has 2 amide bonds. The molecule has 0 unspecified atom stereocenters. The van der Waals surface area contributed by atoms with Crippen molar-refractivity contribution in [2.24, 2.45) is 0 Å². The molecule has 0 N–H and O–H groups in total. The summed E-state index contributed by atoms with van der Waals surface area (Å²) >= 11 is 0. The molecule has 2 aliphatic rings. The molecule has 0 fully saturated rings. The van der Waals surface area contributed by atoms with Gasteiger partial charge in [0.1, 0.15) is 17.0 Å². The lowest BCUT2D eigenvalue weighted by molar-refractivity contribution is 0.0766. The zero-order chi connectivity index (χ0) is 24.4. The molecule has 8 heteroatoms. The van der Waals surface area contributed by atoms with Crippen LogP contribution in [0.3, 0.4) is 0 Å². The second-order valence-corrected chi connectivity index (χ2v) is 7.82. The Morgan fingerprint density at radius 3 is 1.97 bits per heavy atom. The maximum absolute atomic E-state index is 13.3. The van der Waals surface area contributed by atoms with E-state index < -0.39 is 0 Å². The molecule has 0 saturated carbocycles. The highest BCUT2D eigenvalue weighted by Crippen LogP contribution is 2.36. The van der Waals surface area contributed by atoms with Gasteiger partial charge in [-0.05, 0) is 47.6 Å². The molecule has 1 aliphatic heterocycles. The predicted molar refractivity (Wildman–Crippen MR) is 127 cm³/mol. The minimum atomic E-state index is -0.303. The molecule has 8 nitrogen and oxygen atoms in total. The van der Waals surface area contributed by atoms with Crippen LogP contribution in [0.4, 0.5) is 0 Å². The number of rotatable bonds is 7. The number of hydrogen-bond donors (Lipinski definition) is 0. The summed E-state index contributed by atoms with van der Waals surface area (Å²) in [4.78, 5) is 47.3. The number of aromatic nitrogens is 1. The first-order valence-corrected chi connectivity index (χ1v) is 11.3. The summed E-state index contributed by atoms with van der Waals surface area (Å²) in [5, 5.41) is 0. The van der Waals surface area contributed by atoms with E-state index >= 15 is 0 Å². The van der Waals surface area contributed by atoms with E-state index in [9.17, 15) is 14.4 Å². The lowest BCUT2D eigenvalue weighted by Gasteiger charge is -2.23. The second-order valence-electron chi connectivity index (χ2n) is 7.82. The molecule has 1 aliphatic carbocycles. The largest absolute Gasteiger partial charge is 0.496 e. The van der Waals surface area contributed by atoms with Gasteiger partial charge in [-0.1, -0.05) is 0 Å². The highest BCUT2D eigenvalue weighted by atomic mass is 16.5.